The number of carbonyl (C=O) groups is 1. The van der Waals surface area contributed by atoms with Crippen molar-refractivity contribution in [2.75, 3.05) is 39.3 Å². The lowest BCUT2D eigenvalue weighted by atomic mass is 10.0. The highest BCUT2D eigenvalue weighted by Gasteiger charge is 2.35. The first-order valence-electron chi connectivity index (χ1n) is 6.84. The van der Waals surface area contributed by atoms with Gasteiger partial charge in [-0.25, -0.2) is 0 Å². The summed E-state index contributed by atoms with van der Waals surface area (Å²) in [6.45, 7) is 5.86. The highest BCUT2D eigenvalue weighted by Crippen LogP contribution is 2.25. The van der Waals surface area contributed by atoms with Crippen molar-refractivity contribution in [2.24, 2.45) is 0 Å². The summed E-state index contributed by atoms with van der Waals surface area (Å²) in [6.07, 6.45) is 0. The summed E-state index contributed by atoms with van der Waals surface area (Å²) in [4.78, 5) is 16.7. The molecule has 0 aromatic heterocycles. The molecular weight excluding hydrogens is 342 g/mol. The van der Waals surface area contributed by atoms with Gasteiger partial charge in [0.2, 0.25) is 0 Å². The van der Waals surface area contributed by atoms with E-state index in [1.54, 1.807) is 12.1 Å². The number of nitrogens with zero attached hydrogens (tertiary/aromatic N) is 2. The lowest BCUT2D eigenvalue weighted by Gasteiger charge is -2.46. The molecule has 2 heterocycles. The van der Waals surface area contributed by atoms with Crippen LogP contribution in [-0.2, 0) is 0 Å². The normalized spacial score (nSPS) is 20.8. The number of amides is 1. The number of hydrogen-bond acceptors (Lipinski definition) is 3. The van der Waals surface area contributed by atoms with E-state index in [0.717, 1.165) is 43.7 Å². The van der Waals surface area contributed by atoms with Gasteiger partial charge in [-0.15, -0.1) is 0 Å². The SMILES string of the molecule is O=C(c1ccc(Br)cc1Cl)N1CC(N2CCNCC2)C1. The maximum absolute atomic E-state index is 12.4. The molecule has 2 aliphatic heterocycles. The minimum atomic E-state index is 0.0360. The number of hydrogen-bond donors (Lipinski definition) is 1. The van der Waals surface area contributed by atoms with Gasteiger partial charge in [0, 0.05) is 49.8 Å². The summed E-state index contributed by atoms with van der Waals surface area (Å²) in [5.41, 5.74) is 0.591. The van der Waals surface area contributed by atoms with Crippen molar-refractivity contribution in [3.05, 3.63) is 33.3 Å². The Morgan fingerprint density at radius 3 is 2.65 bits per heavy atom. The Morgan fingerprint density at radius 2 is 2.00 bits per heavy atom. The van der Waals surface area contributed by atoms with Gasteiger partial charge in [-0.1, -0.05) is 27.5 Å². The second-order valence-electron chi connectivity index (χ2n) is 5.27. The van der Waals surface area contributed by atoms with Crippen LogP contribution in [0.5, 0.6) is 0 Å². The van der Waals surface area contributed by atoms with E-state index in [2.05, 4.69) is 26.1 Å². The quantitative estimate of drug-likeness (QED) is 0.876. The van der Waals surface area contributed by atoms with E-state index in [-0.39, 0.29) is 5.91 Å². The van der Waals surface area contributed by atoms with Crippen LogP contribution in [-0.4, -0.2) is 61.0 Å². The topological polar surface area (TPSA) is 35.6 Å². The fourth-order valence-corrected chi connectivity index (χ4v) is 3.49. The second kappa shape index (κ2) is 6.02. The van der Waals surface area contributed by atoms with E-state index in [9.17, 15) is 4.79 Å². The molecule has 2 saturated heterocycles. The third kappa shape index (κ3) is 2.86. The van der Waals surface area contributed by atoms with Gasteiger partial charge in [-0.05, 0) is 18.2 Å². The zero-order chi connectivity index (χ0) is 14.1. The van der Waals surface area contributed by atoms with E-state index < -0.39 is 0 Å². The smallest absolute Gasteiger partial charge is 0.255 e. The Kier molecular flexibility index (Phi) is 4.31. The predicted molar refractivity (Wildman–Crippen MR) is 83.3 cm³/mol. The largest absolute Gasteiger partial charge is 0.335 e. The summed E-state index contributed by atoms with van der Waals surface area (Å²) >= 11 is 9.49. The standard InChI is InChI=1S/C14H17BrClN3O/c15-10-1-2-12(13(16)7-10)14(20)19-8-11(9-19)18-5-3-17-4-6-18/h1-2,7,11,17H,3-6,8-9H2. The van der Waals surface area contributed by atoms with Gasteiger partial charge in [-0.2, -0.15) is 0 Å². The molecule has 0 atom stereocenters. The summed E-state index contributed by atoms with van der Waals surface area (Å²) < 4.78 is 0.890. The fraction of sp³-hybridized carbons (Fsp3) is 0.500. The molecule has 1 amide bonds. The van der Waals surface area contributed by atoms with Crippen LogP contribution in [0.3, 0.4) is 0 Å². The number of rotatable bonds is 2. The van der Waals surface area contributed by atoms with Gasteiger partial charge < -0.3 is 10.2 Å². The van der Waals surface area contributed by atoms with Gasteiger partial charge in [0.05, 0.1) is 10.6 Å². The molecule has 0 bridgehead atoms. The van der Waals surface area contributed by atoms with Crippen molar-refractivity contribution in [1.29, 1.82) is 0 Å². The van der Waals surface area contributed by atoms with E-state index in [1.165, 1.54) is 0 Å². The zero-order valence-corrected chi connectivity index (χ0v) is 13.5. The number of piperazine rings is 1. The highest BCUT2D eigenvalue weighted by molar-refractivity contribution is 9.10. The Bertz CT molecular complexity index is 513. The molecule has 6 heteroatoms. The number of nitrogens with one attached hydrogen (secondary N) is 1. The lowest BCUT2D eigenvalue weighted by Crippen LogP contribution is -2.63. The molecule has 0 unspecified atom stereocenters. The molecule has 1 aromatic carbocycles. The van der Waals surface area contributed by atoms with Crippen LogP contribution >= 0.6 is 27.5 Å². The number of benzene rings is 1. The molecule has 1 aromatic rings. The fourth-order valence-electron chi connectivity index (χ4n) is 2.73. The van der Waals surface area contributed by atoms with Crippen LogP contribution < -0.4 is 5.32 Å². The molecule has 0 saturated carbocycles. The first-order chi connectivity index (χ1) is 9.65. The molecule has 3 rings (SSSR count). The Labute approximate surface area is 132 Å². The van der Waals surface area contributed by atoms with Crippen molar-refractivity contribution in [2.45, 2.75) is 6.04 Å². The molecular formula is C14H17BrClN3O. The molecule has 0 radical (unpaired) electrons. The molecule has 4 nitrogen and oxygen atoms in total. The molecule has 108 valence electrons. The molecule has 2 fully saturated rings. The summed E-state index contributed by atoms with van der Waals surface area (Å²) in [6, 6.07) is 5.91. The van der Waals surface area contributed by atoms with Gasteiger partial charge in [0.1, 0.15) is 0 Å². The molecule has 20 heavy (non-hydrogen) atoms. The van der Waals surface area contributed by atoms with Crippen molar-refractivity contribution in [1.82, 2.24) is 15.1 Å². The maximum Gasteiger partial charge on any atom is 0.255 e. The first kappa shape index (κ1) is 14.3. The van der Waals surface area contributed by atoms with Crippen LogP contribution in [0.2, 0.25) is 5.02 Å². The van der Waals surface area contributed by atoms with Crippen LogP contribution in [0, 0.1) is 0 Å². The number of carbonyl (C=O) groups excluding carboxylic acids is 1. The van der Waals surface area contributed by atoms with Crippen molar-refractivity contribution < 1.29 is 4.79 Å². The third-order valence-electron chi connectivity index (χ3n) is 3.98. The Hall–Kier alpha value is -0.620. The number of halogens is 2. The average molecular weight is 359 g/mol. The minimum absolute atomic E-state index is 0.0360. The second-order valence-corrected chi connectivity index (χ2v) is 6.60. The summed E-state index contributed by atoms with van der Waals surface area (Å²) in [5.74, 6) is 0.0360. The van der Waals surface area contributed by atoms with Gasteiger partial charge in [-0.3, -0.25) is 9.69 Å². The minimum Gasteiger partial charge on any atom is -0.335 e. The van der Waals surface area contributed by atoms with Gasteiger partial charge in [0.25, 0.3) is 5.91 Å². The predicted octanol–water partition coefficient (Wildman–Crippen LogP) is 1.83. The van der Waals surface area contributed by atoms with E-state index in [0.29, 0.717) is 16.6 Å². The van der Waals surface area contributed by atoms with Crippen LogP contribution in [0.15, 0.2) is 22.7 Å². The van der Waals surface area contributed by atoms with Gasteiger partial charge in [0.15, 0.2) is 0 Å². The molecule has 0 aliphatic carbocycles. The van der Waals surface area contributed by atoms with Crippen LogP contribution in [0.25, 0.3) is 0 Å². The van der Waals surface area contributed by atoms with Crippen LogP contribution in [0.4, 0.5) is 0 Å². The average Bonchev–Trinajstić information content (AvgIpc) is 2.38. The van der Waals surface area contributed by atoms with E-state index in [1.807, 2.05) is 11.0 Å². The zero-order valence-electron chi connectivity index (χ0n) is 11.1. The highest BCUT2D eigenvalue weighted by atomic mass is 79.9. The van der Waals surface area contributed by atoms with Crippen molar-refractivity contribution >= 4 is 33.4 Å². The molecule has 0 spiro atoms. The van der Waals surface area contributed by atoms with E-state index in [4.69, 9.17) is 11.6 Å². The number of likely N-dealkylation sites (tertiary alicyclic amines) is 1. The van der Waals surface area contributed by atoms with Crippen molar-refractivity contribution in [3.8, 4) is 0 Å². The molecule has 2 aliphatic rings. The third-order valence-corrected chi connectivity index (χ3v) is 4.78. The van der Waals surface area contributed by atoms with Crippen molar-refractivity contribution in [3.63, 3.8) is 0 Å². The molecule has 1 N–H and O–H groups in total. The maximum atomic E-state index is 12.4. The first-order valence-corrected chi connectivity index (χ1v) is 8.01. The van der Waals surface area contributed by atoms with E-state index >= 15 is 0 Å². The monoisotopic (exact) mass is 357 g/mol. The Morgan fingerprint density at radius 1 is 1.30 bits per heavy atom. The van der Waals surface area contributed by atoms with Crippen LogP contribution in [0.1, 0.15) is 10.4 Å². The summed E-state index contributed by atoms with van der Waals surface area (Å²) in [7, 11) is 0. The summed E-state index contributed by atoms with van der Waals surface area (Å²) in [5, 5.41) is 3.86. The Balaban J connectivity index is 1.60. The lowest BCUT2D eigenvalue weighted by molar-refractivity contribution is 0.0227. The van der Waals surface area contributed by atoms with Gasteiger partial charge >= 0.3 is 0 Å².